The van der Waals surface area contributed by atoms with Gasteiger partial charge in [0.1, 0.15) is 0 Å². The molecule has 0 saturated carbocycles. The molecule has 0 bridgehead atoms. The van der Waals surface area contributed by atoms with Crippen LogP contribution < -0.4 is 0 Å². The maximum Gasteiger partial charge on any atom is 0.340 e. The molecule has 3 nitrogen and oxygen atoms in total. The Morgan fingerprint density at radius 3 is 2.53 bits per heavy atom. The van der Waals surface area contributed by atoms with Crippen LogP contribution in [0.2, 0.25) is 0 Å². The fourth-order valence-corrected chi connectivity index (χ4v) is 2.57. The van der Waals surface area contributed by atoms with Crippen molar-refractivity contribution in [3.63, 3.8) is 0 Å². The van der Waals surface area contributed by atoms with Crippen molar-refractivity contribution in [1.29, 1.82) is 0 Å². The maximum atomic E-state index is 11.1. The average Bonchev–Trinajstić information content (AvgIpc) is 2.75. The van der Waals surface area contributed by atoms with Gasteiger partial charge < -0.3 is 10.2 Å². The molecule has 2 N–H and O–H groups in total. The third-order valence-corrected chi connectivity index (χ3v) is 3.77. The SMILES string of the molecule is CC(O)(C(=O)O)c1ccc2c(c1)Cc1ccccc1-2. The van der Waals surface area contributed by atoms with Crippen molar-refractivity contribution in [2.24, 2.45) is 0 Å². The lowest BCUT2D eigenvalue weighted by Gasteiger charge is -2.19. The largest absolute Gasteiger partial charge is 0.479 e. The molecule has 0 aliphatic heterocycles. The summed E-state index contributed by atoms with van der Waals surface area (Å²) in [5.41, 5.74) is 3.21. The number of hydrogen-bond donors (Lipinski definition) is 2. The van der Waals surface area contributed by atoms with Crippen molar-refractivity contribution in [3.05, 3.63) is 59.2 Å². The van der Waals surface area contributed by atoms with Gasteiger partial charge in [-0.05, 0) is 41.2 Å². The molecule has 1 aliphatic carbocycles. The van der Waals surface area contributed by atoms with Crippen molar-refractivity contribution < 1.29 is 15.0 Å². The van der Waals surface area contributed by atoms with Gasteiger partial charge in [0, 0.05) is 0 Å². The predicted octanol–water partition coefficient (Wildman–Crippen LogP) is 2.55. The molecule has 1 atom stereocenters. The van der Waals surface area contributed by atoms with Gasteiger partial charge in [-0.1, -0.05) is 42.5 Å². The summed E-state index contributed by atoms with van der Waals surface area (Å²) in [4.78, 5) is 11.1. The molecule has 3 rings (SSSR count). The van der Waals surface area contributed by atoms with E-state index in [1.807, 2.05) is 18.2 Å². The van der Waals surface area contributed by atoms with Gasteiger partial charge in [0.2, 0.25) is 0 Å². The quantitative estimate of drug-likeness (QED) is 0.739. The number of aliphatic hydroxyl groups is 1. The van der Waals surface area contributed by atoms with E-state index in [0.29, 0.717) is 5.56 Å². The third kappa shape index (κ3) is 1.74. The van der Waals surface area contributed by atoms with Crippen molar-refractivity contribution >= 4 is 5.97 Å². The minimum absolute atomic E-state index is 0.423. The number of carbonyl (C=O) groups is 1. The zero-order chi connectivity index (χ0) is 13.6. The highest BCUT2D eigenvalue weighted by Crippen LogP contribution is 2.38. The van der Waals surface area contributed by atoms with Gasteiger partial charge in [0.25, 0.3) is 0 Å². The van der Waals surface area contributed by atoms with Gasteiger partial charge >= 0.3 is 5.97 Å². The van der Waals surface area contributed by atoms with Crippen LogP contribution in [-0.2, 0) is 16.8 Å². The van der Waals surface area contributed by atoms with Crippen LogP contribution in [0.1, 0.15) is 23.6 Å². The van der Waals surface area contributed by atoms with Crippen LogP contribution in [0, 0.1) is 0 Å². The second-order valence-electron chi connectivity index (χ2n) is 5.08. The number of benzene rings is 2. The minimum Gasteiger partial charge on any atom is -0.479 e. The summed E-state index contributed by atoms with van der Waals surface area (Å²) in [6.45, 7) is 1.30. The molecule has 3 heteroatoms. The van der Waals surface area contributed by atoms with Gasteiger partial charge in [-0.2, -0.15) is 0 Å². The smallest absolute Gasteiger partial charge is 0.340 e. The van der Waals surface area contributed by atoms with E-state index in [1.165, 1.54) is 18.1 Å². The fraction of sp³-hybridized carbons (Fsp3) is 0.188. The van der Waals surface area contributed by atoms with Crippen LogP contribution in [0.4, 0.5) is 0 Å². The standard InChI is InChI=1S/C16H14O3/c1-16(19,15(17)18)12-6-7-14-11(9-12)8-10-4-2-3-5-13(10)14/h2-7,9,19H,8H2,1H3,(H,17,18). The fourth-order valence-electron chi connectivity index (χ4n) is 2.57. The molecule has 2 aromatic rings. The number of carboxylic acids is 1. The summed E-state index contributed by atoms with van der Waals surface area (Å²) in [6.07, 6.45) is 0.787. The minimum atomic E-state index is -1.84. The monoisotopic (exact) mass is 254 g/mol. The highest BCUT2D eigenvalue weighted by atomic mass is 16.4. The Hall–Kier alpha value is -2.13. The molecule has 1 unspecified atom stereocenters. The van der Waals surface area contributed by atoms with Gasteiger partial charge in [0.05, 0.1) is 0 Å². The van der Waals surface area contributed by atoms with E-state index >= 15 is 0 Å². The lowest BCUT2D eigenvalue weighted by Crippen LogP contribution is -2.31. The lowest BCUT2D eigenvalue weighted by atomic mass is 9.92. The molecule has 19 heavy (non-hydrogen) atoms. The van der Waals surface area contributed by atoms with Crippen molar-refractivity contribution in [2.45, 2.75) is 18.9 Å². The molecular formula is C16H14O3. The van der Waals surface area contributed by atoms with Crippen molar-refractivity contribution in [3.8, 4) is 11.1 Å². The van der Waals surface area contributed by atoms with E-state index < -0.39 is 11.6 Å². The first-order valence-electron chi connectivity index (χ1n) is 6.17. The van der Waals surface area contributed by atoms with E-state index in [0.717, 1.165) is 17.5 Å². The lowest BCUT2D eigenvalue weighted by molar-refractivity contribution is -0.157. The molecule has 0 saturated heterocycles. The van der Waals surface area contributed by atoms with Crippen LogP contribution in [0.15, 0.2) is 42.5 Å². The predicted molar refractivity (Wildman–Crippen MR) is 71.9 cm³/mol. The number of hydrogen-bond acceptors (Lipinski definition) is 2. The summed E-state index contributed by atoms with van der Waals surface area (Å²) in [6, 6.07) is 13.5. The van der Waals surface area contributed by atoms with E-state index in [-0.39, 0.29) is 0 Å². The normalized spacial score (nSPS) is 15.5. The molecule has 0 radical (unpaired) electrons. The molecular weight excluding hydrogens is 240 g/mol. The molecule has 0 amide bonds. The average molecular weight is 254 g/mol. The van der Waals surface area contributed by atoms with E-state index in [4.69, 9.17) is 5.11 Å². The molecule has 0 spiro atoms. The Labute approximate surface area is 111 Å². The van der Waals surface area contributed by atoms with Crippen molar-refractivity contribution in [1.82, 2.24) is 0 Å². The Morgan fingerprint density at radius 1 is 1.11 bits per heavy atom. The zero-order valence-electron chi connectivity index (χ0n) is 10.6. The summed E-state index contributed by atoms with van der Waals surface area (Å²) in [5, 5.41) is 19.1. The maximum absolute atomic E-state index is 11.1. The molecule has 0 heterocycles. The highest BCUT2D eigenvalue weighted by molar-refractivity contribution is 5.81. The van der Waals surface area contributed by atoms with Crippen molar-refractivity contribution in [2.75, 3.05) is 0 Å². The van der Waals surface area contributed by atoms with E-state index in [2.05, 4.69) is 12.1 Å². The first kappa shape index (κ1) is 11.9. The summed E-state index contributed by atoms with van der Waals surface area (Å²) in [7, 11) is 0. The summed E-state index contributed by atoms with van der Waals surface area (Å²) in [5.74, 6) is -1.23. The Balaban J connectivity index is 2.10. The summed E-state index contributed by atoms with van der Waals surface area (Å²) < 4.78 is 0. The molecule has 96 valence electrons. The Kier molecular flexibility index (Phi) is 2.47. The molecule has 0 fully saturated rings. The summed E-state index contributed by atoms with van der Waals surface area (Å²) >= 11 is 0. The van der Waals surface area contributed by atoms with Gasteiger partial charge in [0.15, 0.2) is 5.60 Å². The second-order valence-corrected chi connectivity index (χ2v) is 5.08. The third-order valence-electron chi connectivity index (χ3n) is 3.77. The Morgan fingerprint density at radius 2 is 1.79 bits per heavy atom. The number of fused-ring (bicyclic) bond motifs is 3. The van der Waals surface area contributed by atoms with Crippen LogP contribution in [-0.4, -0.2) is 16.2 Å². The van der Waals surface area contributed by atoms with Crippen LogP contribution in [0.3, 0.4) is 0 Å². The second kappa shape index (κ2) is 3.93. The number of carboxylic acid groups (broad SMARTS) is 1. The van der Waals surface area contributed by atoms with E-state index in [9.17, 15) is 9.90 Å². The molecule has 2 aromatic carbocycles. The van der Waals surface area contributed by atoms with Gasteiger partial charge in [-0.15, -0.1) is 0 Å². The zero-order valence-corrected chi connectivity index (χ0v) is 10.6. The van der Waals surface area contributed by atoms with Gasteiger partial charge in [-0.25, -0.2) is 4.79 Å². The number of rotatable bonds is 2. The van der Waals surface area contributed by atoms with Crippen LogP contribution >= 0.6 is 0 Å². The number of aliphatic carboxylic acids is 1. The highest BCUT2D eigenvalue weighted by Gasteiger charge is 2.33. The first-order chi connectivity index (χ1) is 9.00. The first-order valence-corrected chi connectivity index (χ1v) is 6.17. The molecule has 0 aromatic heterocycles. The topological polar surface area (TPSA) is 57.5 Å². The van der Waals surface area contributed by atoms with Crippen LogP contribution in [0.25, 0.3) is 11.1 Å². The Bertz CT molecular complexity index is 671. The van der Waals surface area contributed by atoms with E-state index in [1.54, 1.807) is 12.1 Å². The molecule has 1 aliphatic rings. The van der Waals surface area contributed by atoms with Crippen LogP contribution in [0.5, 0.6) is 0 Å². The van der Waals surface area contributed by atoms with Gasteiger partial charge in [-0.3, -0.25) is 0 Å².